The molecule has 1 aromatic carbocycles. The number of nitrogens with one attached hydrogen (secondary N) is 1. The molecule has 0 unspecified atom stereocenters. The molecule has 3 rings (SSSR count). The Morgan fingerprint density at radius 1 is 1.06 bits per heavy atom. The second-order valence-electron chi connectivity index (χ2n) is 5.02. The van der Waals surface area contributed by atoms with Gasteiger partial charge in [-0.25, -0.2) is 0 Å². The van der Waals surface area contributed by atoms with Crippen molar-refractivity contribution in [3.63, 3.8) is 0 Å². The topological polar surface area (TPSA) is 29.1 Å². The van der Waals surface area contributed by atoms with Crippen molar-refractivity contribution >= 4 is 18.2 Å². The SMILES string of the molecule is Cl.O=C1c2ccccc2CCC12CCNCC2. The predicted molar refractivity (Wildman–Crippen MR) is 70.9 cm³/mol. The summed E-state index contributed by atoms with van der Waals surface area (Å²) in [5.41, 5.74) is 2.19. The Labute approximate surface area is 108 Å². The van der Waals surface area contributed by atoms with Crippen LogP contribution in [0, 0.1) is 5.41 Å². The van der Waals surface area contributed by atoms with E-state index in [0.717, 1.165) is 44.3 Å². The van der Waals surface area contributed by atoms with Crippen molar-refractivity contribution in [2.75, 3.05) is 13.1 Å². The number of carbonyl (C=O) groups is 1. The molecule has 1 heterocycles. The minimum atomic E-state index is -0.0421. The molecule has 0 bridgehead atoms. The summed E-state index contributed by atoms with van der Waals surface area (Å²) in [6, 6.07) is 8.12. The Kier molecular flexibility index (Phi) is 3.55. The molecule has 0 atom stereocenters. The van der Waals surface area contributed by atoms with Crippen LogP contribution in [0.15, 0.2) is 24.3 Å². The largest absolute Gasteiger partial charge is 0.317 e. The molecule has 92 valence electrons. The smallest absolute Gasteiger partial charge is 0.169 e. The molecule has 1 aliphatic carbocycles. The van der Waals surface area contributed by atoms with Gasteiger partial charge in [0.2, 0.25) is 0 Å². The van der Waals surface area contributed by atoms with Crippen molar-refractivity contribution in [1.82, 2.24) is 5.32 Å². The summed E-state index contributed by atoms with van der Waals surface area (Å²) in [6.45, 7) is 1.99. The average Bonchev–Trinajstić information content (AvgIpc) is 2.36. The number of Topliss-reactive ketones (excluding diaryl/α,β-unsaturated/α-hetero) is 1. The van der Waals surface area contributed by atoms with Crippen LogP contribution in [-0.2, 0) is 6.42 Å². The van der Waals surface area contributed by atoms with Crippen molar-refractivity contribution in [3.8, 4) is 0 Å². The van der Waals surface area contributed by atoms with Crippen molar-refractivity contribution in [2.45, 2.75) is 25.7 Å². The molecule has 2 aliphatic rings. The lowest BCUT2D eigenvalue weighted by Crippen LogP contribution is -2.44. The highest BCUT2D eigenvalue weighted by molar-refractivity contribution is 6.02. The number of fused-ring (bicyclic) bond motifs is 1. The highest BCUT2D eigenvalue weighted by Gasteiger charge is 2.42. The molecule has 2 nitrogen and oxygen atoms in total. The van der Waals surface area contributed by atoms with E-state index in [0.29, 0.717) is 5.78 Å². The zero-order chi connectivity index (χ0) is 11.0. The molecule has 3 heteroatoms. The van der Waals surface area contributed by atoms with E-state index in [-0.39, 0.29) is 17.8 Å². The van der Waals surface area contributed by atoms with E-state index in [1.165, 1.54) is 5.56 Å². The van der Waals surface area contributed by atoms with Crippen LogP contribution in [-0.4, -0.2) is 18.9 Å². The van der Waals surface area contributed by atoms with E-state index in [9.17, 15) is 4.79 Å². The summed E-state index contributed by atoms with van der Waals surface area (Å²) in [4.78, 5) is 12.6. The number of rotatable bonds is 0. The Morgan fingerprint density at radius 3 is 2.53 bits per heavy atom. The molecule has 1 saturated heterocycles. The molecule has 0 radical (unpaired) electrons. The summed E-state index contributed by atoms with van der Waals surface area (Å²) in [6.07, 6.45) is 4.15. The fraction of sp³-hybridized carbons (Fsp3) is 0.500. The third-order valence-corrected chi connectivity index (χ3v) is 4.18. The number of aryl methyl sites for hydroxylation is 1. The zero-order valence-electron chi connectivity index (χ0n) is 9.87. The monoisotopic (exact) mass is 251 g/mol. The first-order valence-electron chi connectivity index (χ1n) is 6.15. The fourth-order valence-corrected chi connectivity index (χ4v) is 3.12. The number of benzene rings is 1. The minimum Gasteiger partial charge on any atom is -0.317 e. The van der Waals surface area contributed by atoms with E-state index in [2.05, 4.69) is 11.4 Å². The first kappa shape index (κ1) is 12.6. The maximum Gasteiger partial charge on any atom is 0.169 e. The number of halogens is 1. The van der Waals surface area contributed by atoms with Gasteiger partial charge in [0.15, 0.2) is 5.78 Å². The van der Waals surface area contributed by atoms with Crippen LogP contribution in [0.5, 0.6) is 0 Å². The number of ketones is 1. The Hall–Kier alpha value is -0.860. The van der Waals surface area contributed by atoms with Crippen LogP contribution >= 0.6 is 12.4 Å². The van der Waals surface area contributed by atoms with Gasteiger partial charge >= 0.3 is 0 Å². The normalized spacial score (nSPS) is 21.8. The molecule has 1 N–H and O–H groups in total. The van der Waals surface area contributed by atoms with Crippen LogP contribution in [0.3, 0.4) is 0 Å². The Bertz CT molecular complexity index is 424. The van der Waals surface area contributed by atoms with Gasteiger partial charge in [-0.15, -0.1) is 12.4 Å². The van der Waals surface area contributed by atoms with Crippen LogP contribution in [0.2, 0.25) is 0 Å². The number of hydrogen-bond donors (Lipinski definition) is 1. The lowest BCUT2D eigenvalue weighted by atomic mass is 9.65. The van der Waals surface area contributed by atoms with Crippen LogP contribution in [0.1, 0.15) is 35.2 Å². The van der Waals surface area contributed by atoms with E-state index < -0.39 is 0 Å². The van der Waals surface area contributed by atoms with Crippen molar-refractivity contribution in [2.24, 2.45) is 5.41 Å². The molecule has 0 amide bonds. The second-order valence-corrected chi connectivity index (χ2v) is 5.02. The Balaban J connectivity index is 0.00000108. The van der Waals surface area contributed by atoms with Crippen LogP contribution < -0.4 is 5.32 Å². The molecular weight excluding hydrogens is 234 g/mol. The summed E-state index contributed by atoms with van der Waals surface area (Å²) < 4.78 is 0. The molecule has 17 heavy (non-hydrogen) atoms. The standard InChI is InChI=1S/C14H17NO.ClH/c16-13-12-4-2-1-3-11(12)5-6-14(13)7-9-15-10-8-14;/h1-4,15H,5-10H2;1H. The Morgan fingerprint density at radius 2 is 1.76 bits per heavy atom. The van der Waals surface area contributed by atoms with Crippen LogP contribution in [0.25, 0.3) is 0 Å². The number of carbonyl (C=O) groups excluding carboxylic acids is 1. The van der Waals surface area contributed by atoms with Gasteiger partial charge < -0.3 is 5.32 Å². The van der Waals surface area contributed by atoms with Gasteiger partial charge in [-0.1, -0.05) is 24.3 Å². The molecule has 1 aliphatic heterocycles. The third-order valence-electron chi connectivity index (χ3n) is 4.18. The van der Waals surface area contributed by atoms with Crippen LogP contribution in [0.4, 0.5) is 0 Å². The quantitative estimate of drug-likeness (QED) is 0.768. The highest BCUT2D eigenvalue weighted by Crippen LogP contribution is 2.41. The lowest BCUT2D eigenvalue weighted by molar-refractivity contribution is 0.0686. The number of hydrogen-bond acceptors (Lipinski definition) is 2. The average molecular weight is 252 g/mol. The fourth-order valence-electron chi connectivity index (χ4n) is 3.12. The van der Waals surface area contributed by atoms with E-state index in [1.807, 2.05) is 18.2 Å². The first-order valence-corrected chi connectivity index (χ1v) is 6.15. The summed E-state index contributed by atoms with van der Waals surface area (Å²) >= 11 is 0. The second kappa shape index (κ2) is 4.79. The van der Waals surface area contributed by atoms with Crippen molar-refractivity contribution < 1.29 is 4.79 Å². The van der Waals surface area contributed by atoms with Gasteiger partial charge in [0.25, 0.3) is 0 Å². The van der Waals surface area contributed by atoms with Crippen molar-refractivity contribution in [3.05, 3.63) is 35.4 Å². The lowest BCUT2D eigenvalue weighted by Gasteiger charge is -2.39. The maximum atomic E-state index is 12.6. The van der Waals surface area contributed by atoms with Gasteiger partial charge in [0, 0.05) is 11.0 Å². The van der Waals surface area contributed by atoms with Gasteiger partial charge in [-0.2, -0.15) is 0 Å². The van der Waals surface area contributed by atoms with E-state index >= 15 is 0 Å². The van der Waals surface area contributed by atoms with Crippen molar-refractivity contribution in [1.29, 1.82) is 0 Å². The van der Waals surface area contributed by atoms with E-state index in [4.69, 9.17) is 0 Å². The first-order chi connectivity index (χ1) is 7.82. The molecular formula is C14H18ClNO. The summed E-state index contributed by atoms with van der Waals surface area (Å²) in [5, 5.41) is 3.35. The molecule has 0 saturated carbocycles. The molecule has 1 fully saturated rings. The van der Waals surface area contributed by atoms with Gasteiger partial charge in [0.05, 0.1) is 0 Å². The molecule has 1 spiro atoms. The third kappa shape index (κ3) is 2.00. The zero-order valence-corrected chi connectivity index (χ0v) is 10.7. The maximum absolute atomic E-state index is 12.6. The van der Waals surface area contributed by atoms with Gasteiger partial charge in [0.1, 0.15) is 0 Å². The molecule has 1 aromatic rings. The summed E-state index contributed by atoms with van der Waals surface area (Å²) in [5.74, 6) is 0.399. The predicted octanol–water partition coefficient (Wildman–Crippen LogP) is 2.61. The minimum absolute atomic E-state index is 0. The molecule has 0 aromatic heterocycles. The summed E-state index contributed by atoms with van der Waals surface area (Å²) in [7, 11) is 0. The van der Waals surface area contributed by atoms with Gasteiger partial charge in [-0.05, 0) is 44.3 Å². The van der Waals surface area contributed by atoms with E-state index in [1.54, 1.807) is 0 Å². The number of piperidine rings is 1. The highest BCUT2D eigenvalue weighted by atomic mass is 35.5. The van der Waals surface area contributed by atoms with Gasteiger partial charge in [-0.3, -0.25) is 4.79 Å².